The van der Waals surface area contributed by atoms with Crippen LogP contribution in [0, 0.1) is 11.7 Å². The smallest absolute Gasteiger partial charge is 0.124 e. The summed E-state index contributed by atoms with van der Waals surface area (Å²) in [7, 11) is 1.68. The van der Waals surface area contributed by atoms with Gasteiger partial charge in [0.1, 0.15) is 10.8 Å². The summed E-state index contributed by atoms with van der Waals surface area (Å²) in [6.45, 7) is 3.56. The molecule has 110 valence electrons. The summed E-state index contributed by atoms with van der Waals surface area (Å²) in [6.07, 6.45) is 2.49. The molecule has 3 nitrogen and oxygen atoms in total. The number of anilines is 1. The van der Waals surface area contributed by atoms with Crippen molar-refractivity contribution < 1.29 is 9.13 Å². The number of nitrogens with zero attached hydrogens (tertiary/aromatic N) is 1. The Bertz CT molecular complexity index is 491. The molecule has 2 N–H and O–H groups in total. The fourth-order valence-electron chi connectivity index (χ4n) is 2.52. The van der Waals surface area contributed by atoms with Crippen LogP contribution in [0.3, 0.4) is 0 Å². The van der Waals surface area contributed by atoms with Crippen molar-refractivity contribution in [2.24, 2.45) is 11.7 Å². The van der Waals surface area contributed by atoms with E-state index in [2.05, 4.69) is 11.8 Å². The molecule has 1 aromatic carbocycles. The van der Waals surface area contributed by atoms with E-state index in [-0.39, 0.29) is 10.8 Å². The minimum absolute atomic E-state index is 0.227. The summed E-state index contributed by atoms with van der Waals surface area (Å²) >= 11 is 5.06. The zero-order valence-electron chi connectivity index (χ0n) is 11.9. The van der Waals surface area contributed by atoms with Crippen LogP contribution in [0.4, 0.5) is 10.1 Å². The van der Waals surface area contributed by atoms with Gasteiger partial charge >= 0.3 is 0 Å². The summed E-state index contributed by atoms with van der Waals surface area (Å²) in [5.41, 5.74) is 7.25. The highest BCUT2D eigenvalue weighted by atomic mass is 32.1. The van der Waals surface area contributed by atoms with Gasteiger partial charge in [0.2, 0.25) is 0 Å². The molecule has 1 saturated carbocycles. The van der Waals surface area contributed by atoms with E-state index in [0.717, 1.165) is 12.2 Å². The number of thiocarbonyl (C=S) groups is 1. The lowest BCUT2D eigenvalue weighted by Gasteiger charge is -2.33. The number of nitrogens with two attached hydrogens (primary N) is 1. The number of benzene rings is 1. The Balaban J connectivity index is 2.33. The number of hydrogen-bond acceptors (Lipinski definition) is 3. The topological polar surface area (TPSA) is 38.5 Å². The fourth-order valence-corrected chi connectivity index (χ4v) is 2.69. The summed E-state index contributed by atoms with van der Waals surface area (Å²) in [6, 6.07) is 5.01. The van der Waals surface area contributed by atoms with Crippen LogP contribution in [0.5, 0.6) is 0 Å². The summed E-state index contributed by atoms with van der Waals surface area (Å²) < 4.78 is 18.6. The van der Waals surface area contributed by atoms with Crippen molar-refractivity contribution in [3.63, 3.8) is 0 Å². The SMILES string of the molecule is COCCN(c1ccc(F)cc1C(N)=S)C(C)C1CC1. The highest BCUT2D eigenvalue weighted by molar-refractivity contribution is 7.80. The third-order valence-electron chi connectivity index (χ3n) is 3.87. The summed E-state index contributed by atoms with van der Waals surface area (Å²) in [5, 5.41) is 0. The molecule has 0 spiro atoms. The van der Waals surface area contributed by atoms with Crippen LogP contribution in [0.25, 0.3) is 0 Å². The lowest BCUT2D eigenvalue weighted by Crippen LogP contribution is -2.38. The molecule has 0 amide bonds. The van der Waals surface area contributed by atoms with E-state index < -0.39 is 0 Å². The van der Waals surface area contributed by atoms with Crippen LogP contribution >= 0.6 is 12.2 Å². The van der Waals surface area contributed by atoms with Gasteiger partial charge in [-0.15, -0.1) is 0 Å². The molecule has 20 heavy (non-hydrogen) atoms. The monoisotopic (exact) mass is 296 g/mol. The van der Waals surface area contributed by atoms with Crippen LogP contribution in [0.1, 0.15) is 25.3 Å². The van der Waals surface area contributed by atoms with E-state index in [9.17, 15) is 4.39 Å². The van der Waals surface area contributed by atoms with Gasteiger partial charge in [-0.2, -0.15) is 0 Å². The molecule has 0 bridgehead atoms. The highest BCUT2D eigenvalue weighted by Crippen LogP contribution is 2.37. The Kier molecular flexibility index (Phi) is 4.94. The number of hydrogen-bond donors (Lipinski definition) is 1. The number of methoxy groups -OCH3 is 1. The van der Waals surface area contributed by atoms with E-state index in [4.69, 9.17) is 22.7 Å². The lowest BCUT2D eigenvalue weighted by molar-refractivity contribution is 0.202. The molecule has 1 aliphatic rings. The van der Waals surface area contributed by atoms with Crippen molar-refractivity contribution in [1.29, 1.82) is 0 Å². The fraction of sp³-hybridized carbons (Fsp3) is 0.533. The van der Waals surface area contributed by atoms with Gasteiger partial charge in [0.05, 0.1) is 6.61 Å². The van der Waals surface area contributed by atoms with Crippen LogP contribution < -0.4 is 10.6 Å². The number of rotatable bonds is 7. The molecule has 0 aromatic heterocycles. The van der Waals surface area contributed by atoms with Gasteiger partial charge in [0, 0.05) is 30.9 Å². The van der Waals surface area contributed by atoms with Crippen molar-refractivity contribution in [2.75, 3.05) is 25.2 Å². The lowest BCUT2D eigenvalue weighted by atomic mass is 10.1. The highest BCUT2D eigenvalue weighted by Gasteiger charge is 2.33. The molecule has 2 rings (SSSR count). The Morgan fingerprint density at radius 3 is 2.80 bits per heavy atom. The minimum Gasteiger partial charge on any atom is -0.389 e. The van der Waals surface area contributed by atoms with Gasteiger partial charge in [-0.1, -0.05) is 12.2 Å². The maximum Gasteiger partial charge on any atom is 0.124 e. The largest absolute Gasteiger partial charge is 0.389 e. The normalized spacial score (nSPS) is 15.9. The molecule has 0 heterocycles. The van der Waals surface area contributed by atoms with E-state index in [1.54, 1.807) is 13.2 Å². The average molecular weight is 296 g/mol. The maximum absolute atomic E-state index is 13.4. The third-order valence-corrected chi connectivity index (χ3v) is 4.09. The van der Waals surface area contributed by atoms with Crippen LogP contribution in [-0.4, -0.2) is 31.3 Å². The Hall–Kier alpha value is -1.20. The summed E-state index contributed by atoms with van der Waals surface area (Å²) in [4.78, 5) is 2.46. The van der Waals surface area contributed by atoms with Crippen molar-refractivity contribution in [3.8, 4) is 0 Å². The van der Waals surface area contributed by atoms with Gasteiger partial charge in [0.25, 0.3) is 0 Å². The molecule has 0 aliphatic heterocycles. The molecular formula is C15H21FN2OS. The second-order valence-corrected chi connectivity index (χ2v) is 5.73. The predicted octanol–water partition coefficient (Wildman–Crippen LogP) is 2.71. The predicted molar refractivity (Wildman–Crippen MR) is 83.7 cm³/mol. The van der Waals surface area contributed by atoms with Crippen LogP contribution in [0.15, 0.2) is 18.2 Å². The molecule has 5 heteroatoms. The van der Waals surface area contributed by atoms with Crippen molar-refractivity contribution in [3.05, 3.63) is 29.6 Å². The van der Waals surface area contributed by atoms with E-state index in [1.165, 1.54) is 25.0 Å². The van der Waals surface area contributed by atoms with Gasteiger partial charge in [-0.25, -0.2) is 4.39 Å². The first-order valence-electron chi connectivity index (χ1n) is 6.89. The molecule has 0 radical (unpaired) electrons. The molecule has 1 atom stereocenters. The first-order chi connectivity index (χ1) is 9.54. The second kappa shape index (κ2) is 6.50. The van der Waals surface area contributed by atoms with E-state index >= 15 is 0 Å². The zero-order valence-corrected chi connectivity index (χ0v) is 12.8. The molecule has 1 aromatic rings. The number of ether oxygens (including phenoxy) is 1. The molecular weight excluding hydrogens is 275 g/mol. The Morgan fingerprint density at radius 2 is 2.25 bits per heavy atom. The molecule has 0 saturated heterocycles. The average Bonchev–Trinajstić information content (AvgIpc) is 3.24. The van der Waals surface area contributed by atoms with E-state index in [1.807, 2.05) is 0 Å². The quantitative estimate of drug-likeness (QED) is 0.785. The molecule has 1 unspecified atom stereocenters. The second-order valence-electron chi connectivity index (χ2n) is 5.29. The molecule has 1 fully saturated rings. The Morgan fingerprint density at radius 1 is 1.55 bits per heavy atom. The van der Waals surface area contributed by atoms with Crippen molar-refractivity contribution in [2.45, 2.75) is 25.8 Å². The van der Waals surface area contributed by atoms with Gasteiger partial charge in [-0.3, -0.25) is 0 Å². The van der Waals surface area contributed by atoms with Crippen molar-refractivity contribution >= 4 is 22.9 Å². The first kappa shape index (κ1) is 15.2. The standard InChI is InChI=1S/C15H21FN2OS/c1-10(11-3-4-11)18(7-8-19-2)14-6-5-12(16)9-13(14)15(17)20/h5-6,9-11H,3-4,7-8H2,1-2H3,(H2,17,20). The summed E-state index contributed by atoms with van der Waals surface area (Å²) in [5.74, 6) is 0.374. The van der Waals surface area contributed by atoms with Gasteiger partial charge in [0.15, 0.2) is 0 Å². The zero-order chi connectivity index (χ0) is 14.7. The Labute approximate surface area is 124 Å². The minimum atomic E-state index is -0.317. The molecule has 1 aliphatic carbocycles. The van der Waals surface area contributed by atoms with Gasteiger partial charge in [-0.05, 0) is 43.9 Å². The van der Waals surface area contributed by atoms with E-state index in [0.29, 0.717) is 24.1 Å². The van der Waals surface area contributed by atoms with Crippen LogP contribution in [-0.2, 0) is 4.74 Å². The van der Waals surface area contributed by atoms with Crippen LogP contribution in [0.2, 0.25) is 0 Å². The third kappa shape index (κ3) is 3.46. The first-order valence-corrected chi connectivity index (χ1v) is 7.30. The van der Waals surface area contributed by atoms with Crippen molar-refractivity contribution in [1.82, 2.24) is 0 Å². The number of halogens is 1. The maximum atomic E-state index is 13.4. The van der Waals surface area contributed by atoms with Gasteiger partial charge < -0.3 is 15.4 Å².